The number of rotatable bonds is 8. The Labute approximate surface area is 91.2 Å². The molecule has 0 saturated carbocycles. The van der Waals surface area contributed by atoms with Crippen molar-refractivity contribution in [2.45, 2.75) is 44.9 Å². The minimum Gasteiger partial charge on any atom is -0.368 e. The van der Waals surface area contributed by atoms with Crippen LogP contribution in [0.5, 0.6) is 0 Å². The molecule has 14 heavy (non-hydrogen) atoms. The van der Waals surface area contributed by atoms with Crippen molar-refractivity contribution in [1.82, 2.24) is 5.32 Å². The number of amides is 1. The quantitative estimate of drug-likeness (QED) is 0.647. The molecule has 0 aromatic heterocycles. The Morgan fingerprint density at radius 1 is 1.50 bits per heavy atom. The van der Waals surface area contributed by atoms with Crippen LogP contribution in [0.1, 0.15) is 33.6 Å². The lowest BCUT2D eigenvalue weighted by Gasteiger charge is -2.15. The fourth-order valence-electron chi connectivity index (χ4n) is 1.10. The lowest BCUT2D eigenvalue weighted by molar-refractivity contribution is -0.120. The van der Waals surface area contributed by atoms with Crippen molar-refractivity contribution < 1.29 is 4.79 Å². The zero-order valence-corrected chi connectivity index (χ0v) is 10.2. The second-order valence-electron chi connectivity index (χ2n) is 3.39. The fourth-order valence-corrected chi connectivity index (χ4v) is 2.11. The topological polar surface area (TPSA) is 55.1 Å². The van der Waals surface area contributed by atoms with Gasteiger partial charge in [0.1, 0.15) is 0 Å². The third-order valence-corrected chi connectivity index (χ3v) is 3.55. The Morgan fingerprint density at radius 2 is 2.14 bits per heavy atom. The molecule has 0 rings (SSSR count). The van der Waals surface area contributed by atoms with Crippen LogP contribution in [0.4, 0.5) is 0 Å². The van der Waals surface area contributed by atoms with Crippen molar-refractivity contribution in [2.75, 3.05) is 12.3 Å². The summed E-state index contributed by atoms with van der Waals surface area (Å²) >= 11 is 1.90. The molecule has 0 aromatic carbocycles. The van der Waals surface area contributed by atoms with Crippen molar-refractivity contribution in [2.24, 2.45) is 5.73 Å². The average Bonchev–Trinajstić information content (AvgIpc) is 2.16. The molecule has 0 radical (unpaired) electrons. The van der Waals surface area contributed by atoms with Crippen molar-refractivity contribution in [3.8, 4) is 0 Å². The molecule has 0 aliphatic carbocycles. The van der Waals surface area contributed by atoms with Crippen molar-refractivity contribution >= 4 is 17.7 Å². The van der Waals surface area contributed by atoms with Gasteiger partial charge in [0.25, 0.3) is 0 Å². The van der Waals surface area contributed by atoms with Crippen molar-refractivity contribution in [1.29, 1.82) is 0 Å². The molecule has 3 nitrogen and oxygen atoms in total. The van der Waals surface area contributed by atoms with Crippen LogP contribution in [-0.4, -0.2) is 29.5 Å². The van der Waals surface area contributed by atoms with E-state index in [-0.39, 0.29) is 11.9 Å². The standard InChI is InChI=1S/C10H22N2OS/c1-4-8(3)14-7-6-9(10(11)13)12-5-2/h8-9,12H,4-7H2,1-3H3,(H2,11,13). The first-order chi connectivity index (χ1) is 6.61. The van der Waals surface area contributed by atoms with Gasteiger partial charge in [0.15, 0.2) is 0 Å². The summed E-state index contributed by atoms with van der Waals surface area (Å²) in [6, 6.07) is -0.156. The van der Waals surface area contributed by atoms with Crippen LogP contribution >= 0.6 is 11.8 Å². The minimum absolute atomic E-state index is 0.156. The number of likely N-dealkylation sites (N-methyl/N-ethyl adjacent to an activating group) is 1. The first kappa shape index (κ1) is 13.8. The molecular formula is C10H22N2OS. The van der Waals surface area contributed by atoms with E-state index >= 15 is 0 Å². The molecule has 84 valence electrons. The van der Waals surface area contributed by atoms with Crippen LogP contribution in [0.3, 0.4) is 0 Å². The van der Waals surface area contributed by atoms with Gasteiger partial charge >= 0.3 is 0 Å². The van der Waals surface area contributed by atoms with E-state index in [1.165, 1.54) is 6.42 Å². The van der Waals surface area contributed by atoms with Gasteiger partial charge in [-0.1, -0.05) is 20.8 Å². The predicted octanol–water partition coefficient (Wildman–Crippen LogP) is 1.37. The summed E-state index contributed by atoms with van der Waals surface area (Å²) < 4.78 is 0. The van der Waals surface area contributed by atoms with Crippen LogP contribution in [0.15, 0.2) is 0 Å². The van der Waals surface area contributed by atoms with Crippen LogP contribution < -0.4 is 11.1 Å². The number of primary amides is 1. The summed E-state index contributed by atoms with van der Waals surface area (Å²) in [5, 5.41) is 3.76. The van der Waals surface area contributed by atoms with Gasteiger partial charge in [-0.05, 0) is 25.1 Å². The molecule has 0 aromatic rings. The molecule has 4 heteroatoms. The number of carbonyl (C=O) groups excluding carboxylic acids is 1. The molecule has 0 saturated heterocycles. The Bertz CT molecular complexity index is 164. The lowest BCUT2D eigenvalue weighted by Crippen LogP contribution is -2.41. The second kappa shape index (κ2) is 8.12. The number of carbonyl (C=O) groups is 1. The Morgan fingerprint density at radius 3 is 2.57 bits per heavy atom. The van der Waals surface area contributed by atoms with E-state index in [0.29, 0.717) is 5.25 Å². The van der Waals surface area contributed by atoms with Crippen LogP contribution in [0.2, 0.25) is 0 Å². The number of nitrogens with one attached hydrogen (secondary N) is 1. The van der Waals surface area contributed by atoms with Crippen molar-refractivity contribution in [3.05, 3.63) is 0 Å². The highest BCUT2D eigenvalue weighted by atomic mass is 32.2. The van der Waals surface area contributed by atoms with E-state index in [9.17, 15) is 4.79 Å². The van der Waals surface area contributed by atoms with Gasteiger partial charge in [0.05, 0.1) is 6.04 Å². The van der Waals surface area contributed by atoms with Gasteiger partial charge in [-0.2, -0.15) is 11.8 Å². The highest BCUT2D eigenvalue weighted by molar-refractivity contribution is 7.99. The van der Waals surface area contributed by atoms with E-state index in [4.69, 9.17) is 5.73 Å². The maximum Gasteiger partial charge on any atom is 0.234 e. The molecule has 0 aliphatic rings. The van der Waals surface area contributed by atoms with E-state index in [1.807, 2.05) is 18.7 Å². The summed E-state index contributed by atoms with van der Waals surface area (Å²) in [6.45, 7) is 7.16. The molecule has 3 N–H and O–H groups in total. The smallest absolute Gasteiger partial charge is 0.234 e. The molecule has 1 amide bonds. The van der Waals surface area contributed by atoms with E-state index in [1.54, 1.807) is 0 Å². The van der Waals surface area contributed by atoms with Crippen LogP contribution in [0, 0.1) is 0 Å². The lowest BCUT2D eigenvalue weighted by atomic mass is 10.2. The van der Waals surface area contributed by atoms with Crippen LogP contribution in [0.25, 0.3) is 0 Å². The SMILES string of the molecule is CCNC(CCSC(C)CC)C(N)=O. The molecule has 0 spiro atoms. The number of hydrogen-bond acceptors (Lipinski definition) is 3. The summed E-state index contributed by atoms with van der Waals surface area (Å²) in [4.78, 5) is 11.0. The maximum atomic E-state index is 11.0. The molecule has 2 atom stereocenters. The van der Waals surface area contributed by atoms with Gasteiger partial charge in [0, 0.05) is 5.25 Å². The Kier molecular flexibility index (Phi) is 7.99. The third kappa shape index (κ3) is 6.27. The van der Waals surface area contributed by atoms with Crippen molar-refractivity contribution in [3.63, 3.8) is 0 Å². The number of nitrogens with two attached hydrogens (primary N) is 1. The molecule has 0 bridgehead atoms. The monoisotopic (exact) mass is 218 g/mol. The summed E-state index contributed by atoms with van der Waals surface area (Å²) in [6.07, 6.45) is 2.01. The molecule has 0 fully saturated rings. The Balaban J connectivity index is 3.66. The average molecular weight is 218 g/mol. The Hall–Kier alpha value is -0.220. The van der Waals surface area contributed by atoms with E-state index < -0.39 is 0 Å². The fraction of sp³-hybridized carbons (Fsp3) is 0.900. The zero-order valence-electron chi connectivity index (χ0n) is 9.38. The van der Waals surface area contributed by atoms with Gasteiger partial charge < -0.3 is 11.1 Å². The molecular weight excluding hydrogens is 196 g/mol. The van der Waals surface area contributed by atoms with Gasteiger partial charge in [-0.15, -0.1) is 0 Å². The molecule has 0 heterocycles. The highest BCUT2D eigenvalue weighted by Crippen LogP contribution is 2.15. The first-order valence-corrected chi connectivity index (χ1v) is 6.30. The van der Waals surface area contributed by atoms with Gasteiger partial charge in [-0.25, -0.2) is 0 Å². The summed E-state index contributed by atoms with van der Waals surface area (Å²) in [5.41, 5.74) is 5.26. The largest absolute Gasteiger partial charge is 0.368 e. The maximum absolute atomic E-state index is 11.0. The molecule has 2 unspecified atom stereocenters. The molecule has 0 aliphatic heterocycles. The van der Waals surface area contributed by atoms with E-state index in [0.717, 1.165) is 18.7 Å². The van der Waals surface area contributed by atoms with Gasteiger partial charge in [-0.3, -0.25) is 4.79 Å². The normalized spacial score (nSPS) is 15.1. The minimum atomic E-state index is -0.239. The number of thioether (sulfide) groups is 1. The summed E-state index contributed by atoms with van der Waals surface area (Å²) in [5.74, 6) is 0.756. The third-order valence-electron chi connectivity index (χ3n) is 2.18. The predicted molar refractivity (Wildman–Crippen MR) is 63.5 cm³/mol. The number of hydrogen-bond donors (Lipinski definition) is 2. The summed E-state index contributed by atoms with van der Waals surface area (Å²) in [7, 11) is 0. The van der Waals surface area contributed by atoms with E-state index in [2.05, 4.69) is 19.2 Å². The van der Waals surface area contributed by atoms with Gasteiger partial charge in [0.2, 0.25) is 5.91 Å². The van der Waals surface area contributed by atoms with Crippen LogP contribution in [-0.2, 0) is 4.79 Å². The zero-order chi connectivity index (χ0) is 11.0. The second-order valence-corrected chi connectivity index (χ2v) is 4.94. The highest BCUT2D eigenvalue weighted by Gasteiger charge is 2.13. The first-order valence-electron chi connectivity index (χ1n) is 5.26.